The van der Waals surface area contributed by atoms with Gasteiger partial charge in [-0.15, -0.1) is 0 Å². The van der Waals surface area contributed by atoms with Crippen molar-refractivity contribution in [1.29, 1.82) is 0 Å². The summed E-state index contributed by atoms with van der Waals surface area (Å²) in [6.07, 6.45) is 3.43. The molecule has 0 unspecified atom stereocenters. The Labute approximate surface area is 160 Å². The average Bonchev–Trinajstić information content (AvgIpc) is 2.72. The van der Waals surface area contributed by atoms with E-state index in [9.17, 15) is 9.59 Å². The Balaban J connectivity index is 1.54. The predicted molar refractivity (Wildman–Crippen MR) is 109 cm³/mol. The molecule has 1 aliphatic rings. The third kappa shape index (κ3) is 4.76. The van der Waals surface area contributed by atoms with Crippen LogP contribution in [-0.2, 0) is 4.79 Å². The van der Waals surface area contributed by atoms with Crippen molar-refractivity contribution in [1.82, 2.24) is 9.80 Å². The zero-order valence-electron chi connectivity index (χ0n) is 15.8. The first-order valence-corrected chi connectivity index (χ1v) is 9.13. The third-order valence-corrected chi connectivity index (χ3v) is 4.73. The van der Waals surface area contributed by atoms with Crippen LogP contribution in [0.5, 0.6) is 0 Å². The van der Waals surface area contributed by atoms with Crippen molar-refractivity contribution in [3.05, 3.63) is 71.8 Å². The number of amides is 2. The molecule has 1 saturated heterocycles. The highest BCUT2D eigenvalue weighted by atomic mass is 16.2. The Kier molecular flexibility index (Phi) is 5.91. The monoisotopic (exact) mass is 363 g/mol. The maximum absolute atomic E-state index is 12.7. The fraction of sp³-hybridized carbons (Fsp3) is 0.273. The number of hydrogen-bond acceptors (Lipinski definition) is 3. The van der Waals surface area contributed by atoms with Crippen LogP contribution in [0.1, 0.15) is 15.9 Å². The van der Waals surface area contributed by atoms with Crippen LogP contribution >= 0.6 is 0 Å². The molecule has 0 aromatic heterocycles. The number of piperazine rings is 1. The molecule has 2 aromatic carbocycles. The summed E-state index contributed by atoms with van der Waals surface area (Å²) in [5.74, 6) is 0.00789. The molecule has 1 fully saturated rings. The van der Waals surface area contributed by atoms with E-state index in [0.29, 0.717) is 31.7 Å². The Morgan fingerprint density at radius 3 is 2.04 bits per heavy atom. The van der Waals surface area contributed by atoms with Crippen LogP contribution in [0.2, 0.25) is 0 Å². The number of carbonyl (C=O) groups excluding carboxylic acids is 2. The lowest BCUT2D eigenvalue weighted by molar-refractivity contribution is -0.127. The molecule has 0 N–H and O–H groups in total. The molecule has 0 saturated carbocycles. The Hall–Kier alpha value is -3.08. The summed E-state index contributed by atoms with van der Waals surface area (Å²) < 4.78 is 0. The van der Waals surface area contributed by atoms with Gasteiger partial charge >= 0.3 is 0 Å². The number of rotatable bonds is 4. The summed E-state index contributed by atoms with van der Waals surface area (Å²) >= 11 is 0. The van der Waals surface area contributed by atoms with E-state index >= 15 is 0 Å². The van der Waals surface area contributed by atoms with Crippen LogP contribution < -0.4 is 4.90 Å². The van der Waals surface area contributed by atoms with Crippen LogP contribution in [0, 0.1) is 0 Å². The molecule has 1 aliphatic heterocycles. The lowest BCUT2D eigenvalue weighted by Gasteiger charge is -2.34. The molecule has 0 aliphatic carbocycles. The van der Waals surface area contributed by atoms with E-state index in [1.54, 1.807) is 11.0 Å². The summed E-state index contributed by atoms with van der Waals surface area (Å²) in [5, 5.41) is 0. The van der Waals surface area contributed by atoms with Gasteiger partial charge in [0.25, 0.3) is 5.91 Å². The second-order valence-corrected chi connectivity index (χ2v) is 6.80. The highest BCUT2D eigenvalue weighted by Crippen LogP contribution is 2.15. The van der Waals surface area contributed by atoms with Crippen LogP contribution in [0.15, 0.2) is 60.7 Å². The van der Waals surface area contributed by atoms with Crippen LogP contribution in [0.25, 0.3) is 6.08 Å². The molecule has 1 heterocycles. The number of hydrogen-bond donors (Lipinski definition) is 0. The molecular formula is C22H25N3O2. The minimum atomic E-state index is -0.0127. The molecule has 2 amide bonds. The number of anilines is 1. The summed E-state index contributed by atoms with van der Waals surface area (Å²) in [4.78, 5) is 30.6. The van der Waals surface area contributed by atoms with Crippen molar-refractivity contribution in [3.8, 4) is 0 Å². The van der Waals surface area contributed by atoms with Gasteiger partial charge in [-0.05, 0) is 35.9 Å². The molecule has 27 heavy (non-hydrogen) atoms. The number of benzene rings is 2. The first-order valence-electron chi connectivity index (χ1n) is 9.13. The van der Waals surface area contributed by atoms with Gasteiger partial charge in [0.15, 0.2) is 0 Å². The Morgan fingerprint density at radius 1 is 0.852 bits per heavy atom. The maximum atomic E-state index is 12.7. The largest absolute Gasteiger partial charge is 0.378 e. The lowest BCUT2D eigenvalue weighted by Crippen LogP contribution is -2.50. The summed E-state index contributed by atoms with van der Waals surface area (Å²) in [6.45, 7) is 2.22. The Bertz CT molecular complexity index is 805. The first-order chi connectivity index (χ1) is 13.0. The standard InChI is InChI=1S/C22H25N3O2/c1-23(2)20-11-9-19(10-12-20)22(27)25-16-14-24(15-17-25)21(26)13-8-18-6-4-3-5-7-18/h3-13H,14-17H2,1-2H3/b13-8+. The molecule has 0 radical (unpaired) electrons. The van der Waals surface area contributed by atoms with E-state index in [1.165, 1.54) is 0 Å². The van der Waals surface area contributed by atoms with Gasteiger partial charge < -0.3 is 14.7 Å². The summed E-state index contributed by atoms with van der Waals surface area (Å²) in [7, 11) is 3.94. The highest BCUT2D eigenvalue weighted by Gasteiger charge is 2.23. The highest BCUT2D eigenvalue weighted by molar-refractivity contribution is 5.95. The van der Waals surface area contributed by atoms with Crippen LogP contribution in [-0.4, -0.2) is 61.9 Å². The second-order valence-electron chi connectivity index (χ2n) is 6.80. The quantitative estimate of drug-likeness (QED) is 0.785. The van der Waals surface area contributed by atoms with E-state index < -0.39 is 0 Å². The fourth-order valence-corrected chi connectivity index (χ4v) is 3.05. The SMILES string of the molecule is CN(C)c1ccc(C(=O)N2CCN(C(=O)/C=C/c3ccccc3)CC2)cc1. The summed E-state index contributed by atoms with van der Waals surface area (Å²) in [6, 6.07) is 17.4. The minimum Gasteiger partial charge on any atom is -0.378 e. The maximum Gasteiger partial charge on any atom is 0.253 e. The molecule has 5 nitrogen and oxygen atoms in total. The zero-order chi connectivity index (χ0) is 19.2. The second kappa shape index (κ2) is 8.54. The lowest BCUT2D eigenvalue weighted by atomic mass is 10.1. The van der Waals surface area contributed by atoms with Gasteiger partial charge in [-0.2, -0.15) is 0 Å². The Morgan fingerprint density at radius 2 is 1.44 bits per heavy atom. The normalized spacial score (nSPS) is 14.4. The third-order valence-electron chi connectivity index (χ3n) is 4.73. The first kappa shape index (κ1) is 18.7. The van der Waals surface area contributed by atoms with Crippen molar-refractivity contribution in [2.45, 2.75) is 0 Å². The molecule has 0 bridgehead atoms. The van der Waals surface area contributed by atoms with E-state index in [4.69, 9.17) is 0 Å². The topological polar surface area (TPSA) is 43.9 Å². The van der Waals surface area contributed by atoms with Gasteiger partial charge in [-0.3, -0.25) is 9.59 Å². The van der Waals surface area contributed by atoms with Crippen LogP contribution in [0.4, 0.5) is 5.69 Å². The molecule has 3 rings (SSSR count). The zero-order valence-corrected chi connectivity index (χ0v) is 15.8. The smallest absolute Gasteiger partial charge is 0.253 e. The predicted octanol–water partition coefficient (Wildman–Crippen LogP) is 2.75. The van der Waals surface area contributed by atoms with Gasteiger partial charge in [0.05, 0.1) is 0 Å². The van der Waals surface area contributed by atoms with Crippen molar-refractivity contribution in [2.75, 3.05) is 45.2 Å². The minimum absolute atomic E-state index is 0.0127. The van der Waals surface area contributed by atoms with Crippen LogP contribution in [0.3, 0.4) is 0 Å². The molecular weight excluding hydrogens is 338 g/mol. The van der Waals surface area contributed by atoms with Gasteiger partial charge in [-0.25, -0.2) is 0 Å². The number of nitrogens with zero attached hydrogens (tertiary/aromatic N) is 3. The van der Waals surface area contributed by atoms with Gasteiger partial charge in [0.2, 0.25) is 5.91 Å². The number of carbonyl (C=O) groups is 2. The van der Waals surface area contributed by atoms with Gasteiger partial charge in [0.1, 0.15) is 0 Å². The van der Waals surface area contributed by atoms with E-state index in [2.05, 4.69) is 0 Å². The molecule has 0 spiro atoms. The van der Waals surface area contributed by atoms with Crippen molar-refractivity contribution in [2.24, 2.45) is 0 Å². The van der Waals surface area contributed by atoms with E-state index in [0.717, 1.165) is 11.3 Å². The molecule has 2 aromatic rings. The molecule has 5 heteroatoms. The van der Waals surface area contributed by atoms with Gasteiger partial charge in [-0.1, -0.05) is 30.3 Å². The molecule has 0 atom stereocenters. The van der Waals surface area contributed by atoms with E-state index in [-0.39, 0.29) is 11.8 Å². The van der Waals surface area contributed by atoms with Crippen molar-refractivity contribution in [3.63, 3.8) is 0 Å². The fourth-order valence-electron chi connectivity index (χ4n) is 3.05. The van der Waals surface area contributed by atoms with Gasteiger partial charge in [0, 0.05) is 57.6 Å². The van der Waals surface area contributed by atoms with Crippen molar-refractivity contribution < 1.29 is 9.59 Å². The van der Waals surface area contributed by atoms with E-state index in [1.807, 2.05) is 84.6 Å². The van der Waals surface area contributed by atoms with Crippen molar-refractivity contribution >= 4 is 23.6 Å². The molecule has 140 valence electrons. The summed E-state index contributed by atoms with van der Waals surface area (Å²) in [5.41, 5.74) is 2.75. The average molecular weight is 363 g/mol.